The Balaban J connectivity index is 1.73. The van der Waals surface area contributed by atoms with Crippen LogP contribution in [0.5, 0.6) is 0 Å². The molecule has 2 saturated heterocycles. The lowest BCUT2D eigenvalue weighted by atomic mass is 9.94. The number of carbonyl (C=O) groups excluding carboxylic acids is 2. The highest BCUT2D eigenvalue weighted by molar-refractivity contribution is 5.95. The summed E-state index contributed by atoms with van der Waals surface area (Å²) in [5.41, 5.74) is 0. The molecule has 2 heterocycles. The first-order valence-electron chi connectivity index (χ1n) is 6.72. The van der Waals surface area contributed by atoms with E-state index >= 15 is 0 Å². The van der Waals surface area contributed by atoms with Gasteiger partial charge in [0.1, 0.15) is 0 Å². The van der Waals surface area contributed by atoms with Crippen molar-refractivity contribution in [3.05, 3.63) is 0 Å². The Kier molecular flexibility index (Phi) is 4.54. The Hall–Kier alpha value is -1.14. The maximum atomic E-state index is 11.7. The molecule has 0 unspecified atom stereocenters. The van der Waals surface area contributed by atoms with Crippen LogP contribution in [0.2, 0.25) is 0 Å². The van der Waals surface area contributed by atoms with Crippen LogP contribution < -0.4 is 16.0 Å². The smallest absolute Gasteiger partial charge is 0.321 e. The van der Waals surface area contributed by atoms with E-state index < -0.39 is 6.03 Å². The molecule has 3 N–H and O–H groups in total. The SMILES string of the molecule is CCNC(=O)NC(=O)CN1C[C@@H]2CCCN[C@@H]2C1. The Morgan fingerprint density at radius 1 is 1.39 bits per heavy atom. The van der Waals surface area contributed by atoms with Crippen LogP contribution in [-0.4, -0.2) is 55.6 Å². The zero-order chi connectivity index (χ0) is 13.0. The van der Waals surface area contributed by atoms with Crippen LogP contribution in [0, 0.1) is 5.92 Å². The third kappa shape index (κ3) is 3.43. The van der Waals surface area contributed by atoms with Crippen LogP contribution in [-0.2, 0) is 4.79 Å². The molecule has 6 nitrogen and oxygen atoms in total. The number of amides is 3. The fourth-order valence-corrected chi connectivity index (χ4v) is 2.84. The Bertz CT molecular complexity index is 307. The quantitative estimate of drug-likeness (QED) is 0.636. The largest absolute Gasteiger partial charge is 0.338 e. The van der Waals surface area contributed by atoms with E-state index in [0.717, 1.165) is 19.6 Å². The highest BCUT2D eigenvalue weighted by Crippen LogP contribution is 2.24. The van der Waals surface area contributed by atoms with Gasteiger partial charge >= 0.3 is 6.03 Å². The number of hydrogen-bond donors (Lipinski definition) is 3. The topological polar surface area (TPSA) is 73.5 Å². The molecule has 0 aromatic heterocycles. The van der Waals surface area contributed by atoms with Gasteiger partial charge in [0.25, 0.3) is 0 Å². The molecule has 2 fully saturated rings. The maximum Gasteiger partial charge on any atom is 0.321 e. The number of fused-ring (bicyclic) bond motifs is 1. The molecule has 2 atom stereocenters. The van der Waals surface area contributed by atoms with E-state index in [1.807, 2.05) is 6.92 Å². The summed E-state index contributed by atoms with van der Waals surface area (Å²) in [5, 5.41) is 8.38. The summed E-state index contributed by atoms with van der Waals surface area (Å²) >= 11 is 0. The lowest BCUT2D eigenvalue weighted by molar-refractivity contribution is -0.120. The molecular weight excluding hydrogens is 232 g/mol. The van der Waals surface area contributed by atoms with Crippen LogP contribution in [0.3, 0.4) is 0 Å². The Morgan fingerprint density at radius 3 is 2.94 bits per heavy atom. The molecule has 0 spiro atoms. The Morgan fingerprint density at radius 2 is 2.22 bits per heavy atom. The summed E-state index contributed by atoms with van der Waals surface area (Å²) in [4.78, 5) is 25.0. The minimum absolute atomic E-state index is 0.223. The number of hydrogen-bond acceptors (Lipinski definition) is 4. The van der Waals surface area contributed by atoms with Gasteiger partial charge in [0, 0.05) is 25.7 Å². The fourth-order valence-electron chi connectivity index (χ4n) is 2.84. The van der Waals surface area contributed by atoms with Gasteiger partial charge in [-0.15, -0.1) is 0 Å². The summed E-state index contributed by atoms with van der Waals surface area (Å²) in [6.07, 6.45) is 2.46. The van der Waals surface area contributed by atoms with E-state index in [0.29, 0.717) is 25.0 Å². The van der Waals surface area contributed by atoms with Crippen molar-refractivity contribution in [1.29, 1.82) is 0 Å². The molecule has 0 radical (unpaired) electrons. The van der Waals surface area contributed by atoms with Gasteiger partial charge in [0.05, 0.1) is 6.54 Å². The van der Waals surface area contributed by atoms with Crippen molar-refractivity contribution in [1.82, 2.24) is 20.9 Å². The molecule has 3 amide bonds. The molecule has 2 aliphatic heterocycles. The molecule has 2 rings (SSSR count). The summed E-state index contributed by atoms with van der Waals surface area (Å²) in [6.45, 7) is 5.61. The minimum atomic E-state index is -0.405. The summed E-state index contributed by atoms with van der Waals surface area (Å²) in [7, 11) is 0. The van der Waals surface area contributed by atoms with Crippen molar-refractivity contribution in [3.8, 4) is 0 Å². The summed E-state index contributed by atoms with van der Waals surface area (Å²) in [6, 6.07) is 0.119. The Labute approximate surface area is 107 Å². The van der Waals surface area contributed by atoms with Crippen LogP contribution in [0.25, 0.3) is 0 Å². The molecule has 0 aromatic rings. The van der Waals surface area contributed by atoms with Gasteiger partial charge in [-0.3, -0.25) is 15.0 Å². The van der Waals surface area contributed by atoms with E-state index in [9.17, 15) is 9.59 Å². The van der Waals surface area contributed by atoms with Crippen LogP contribution in [0.4, 0.5) is 4.79 Å². The van der Waals surface area contributed by atoms with Crippen molar-refractivity contribution in [2.75, 3.05) is 32.7 Å². The monoisotopic (exact) mass is 254 g/mol. The standard InChI is InChI=1S/C12H22N4O2/c1-2-13-12(18)15-11(17)8-16-6-9-4-3-5-14-10(9)7-16/h9-10,14H,2-8H2,1H3,(H2,13,15,17,18)/t9-,10+/m0/s1. The molecule has 18 heavy (non-hydrogen) atoms. The molecule has 6 heteroatoms. The second-order valence-corrected chi connectivity index (χ2v) is 5.06. The van der Waals surface area contributed by atoms with Crippen molar-refractivity contribution in [3.63, 3.8) is 0 Å². The third-order valence-corrected chi connectivity index (χ3v) is 3.63. The van der Waals surface area contributed by atoms with Gasteiger partial charge in [-0.05, 0) is 32.2 Å². The van der Waals surface area contributed by atoms with E-state index in [4.69, 9.17) is 0 Å². The number of nitrogens with one attached hydrogen (secondary N) is 3. The number of carbonyl (C=O) groups is 2. The maximum absolute atomic E-state index is 11.7. The molecular formula is C12H22N4O2. The first kappa shape index (κ1) is 13.3. The predicted molar refractivity (Wildman–Crippen MR) is 68.2 cm³/mol. The van der Waals surface area contributed by atoms with Gasteiger partial charge in [-0.1, -0.05) is 0 Å². The van der Waals surface area contributed by atoms with E-state index in [1.54, 1.807) is 0 Å². The third-order valence-electron chi connectivity index (χ3n) is 3.63. The molecule has 0 saturated carbocycles. The summed E-state index contributed by atoms with van der Waals surface area (Å²) in [5.74, 6) is 0.440. The number of imide groups is 1. The number of nitrogens with zero attached hydrogens (tertiary/aromatic N) is 1. The normalized spacial score (nSPS) is 27.6. The molecule has 0 aromatic carbocycles. The number of likely N-dealkylation sites (tertiary alicyclic amines) is 1. The van der Waals surface area contributed by atoms with Crippen molar-refractivity contribution in [2.24, 2.45) is 5.92 Å². The first-order valence-corrected chi connectivity index (χ1v) is 6.72. The van der Waals surface area contributed by atoms with Crippen molar-refractivity contribution in [2.45, 2.75) is 25.8 Å². The highest BCUT2D eigenvalue weighted by atomic mass is 16.2. The van der Waals surface area contributed by atoms with Crippen LogP contribution >= 0.6 is 0 Å². The number of piperidine rings is 1. The van der Waals surface area contributed by atoms with Crippen molar-refractivity contribution >= 4 is 11.9 Å². The highest BCUT2D eigenvalue weighted by Gasteiger charge is 2.34. The predicted octanol–water partition coefficient (Wildman–Crippen LogP) is -0.484. The minimum Gasteiger partial charge on any atom is -0.338 e. The lowest BCUT2D eigenvalue weighted by Gasteiger charge is -2.24. The first-order chi connectivity index (χ1) is 8.69. The van der Waals surface area contributed by atoms with Crippen molar-refractivity contribution < 1.29 is 9.59 Å². The van der Waals surface area contributed by atoms with Gasteiger partial charge in [-0.2, -0.15) is 0 Å². The average Bonchev–Trinajstić information content (AvgIpc) is 2.70. The second-order valence-electron chi connectivity index (χ2n) is 5.06. The van der Waals surface area contributed by atoms with Gasteiger partial charge in [-0.25, -0.2) is 4.79 Å². The average molecular weight is 254 g/mol. The van der Waals surface area contributed by atoms with E-state index in [2.05, 4.69) is 20.9 Å². The number of rotatable bonds is 3. The van der Waals surface area contributed by atoms with Gasteiger partial charge in [0.15, 0.2) is 0 Å². The molecule has 102 valence electrons. The molecule has 0 bridgehead atoms. The molecule has 2 aliphatic rings. The van der Waals surface area contributed by atoms with E-state index in [1.165, 1.54) is 12.8 Å². The van der Waals surface area contributed by atoms with Crippen LogP contribution in [0.15, 0.2) is 0 Å². The zero-order valence-electron chi connectivity index (χ0n) is 10.9. The van der Waals surface area contributed by atoms with Gasteiger partial charge < -0.3 is 10.6 Å². The number of urea groups is 1. The lowest BCUT2D eigenvalue weighted by Crippen LogP contribution is -2.44. The zero-order valence-corrected chi connectivity index (χ0v) is 10.9. The van der Waals surface area contributed by atoms with Gasteiger partial charge in [0.2, 0.25) is 5.91 Å². The fraction of sp³-hybridized carbons (Fsp3) is 0.833. The van der Waals surface area contributed by atoms with E-state index in [-0.39, 0.29) is 5.91 Å². The summed E-state index contributed by atoms with van der Waals surface area (Å²) < 4.78 is 0. The second kappa shape index (κ2) is 6.15. The van der Waals surface area contributed by atoms with Crippen LogP contribution in [0.1, 0.15) is 19.8 Å². The molecule has 0 aliphatic carbocycles.